The second-order valence-corrected chi connectivity index (χ2v) is 4.03. The molecule has 0 radical (unpaired) electrons. The van der Waals surface area contributed by atoms with Crippen LogP contribution in [0.4, 0.5) is 4.79 Å². The lowest BCUT2D eigenvalue weighted by Crippen LogP contribution is -2.32. The van der Waals surface area contributed by atoms with Crippen LogP contribution in [0.5, 0.6) is 11.5 Å². The molecule has 6 heteroatoms. The number of benzene rings is 1. The number of carbonyl (C=O) groups is 1. The molecule has 1 atom stereocenters. The molecule has 18 heavy (non-hydrogen) atoms. The van der Waals surface area contributed by atoms with E-state index in [2.05, 4.69) is 0 Å². The Morgan fingerprint density at radius 3 is 3.00 bits per heavy atom. The number of fused-ring (bicyclic) bond motifs is 3. The van der Waals surface area contributed by atoms with Crippen molar-refractivity contribution in [3.8, 4) is 11.5 Å². The van der Waals surface area contributed by atoms with Crippen LogP contribution in [-0.4, -0.2) is 40.2 Å². The van der Waals surface area contributed by atoms with Crippen molar-refractivity contribution in [2.24, 2.45) is 0 Å². The summed E-state index contributed by atoms with van der Waals surface area (Å²) in [5.41, 5.74) is 0.531. The second kappa shape index (κ2) is 3.92. The van der Waals surface area contributed by atoms with E-state index in [9.17, 15) is 4.79 Å². The van der Waals surface area contributed by atoms with Crippen molar-refractivity contribution in [1.29, 1.82) is 0 Å². The van der Waals surface area contributed by atoms with Gasteiger partial charge in [0, 0.05) is 11.6 Å². The van der Waals surface area contributed by atoms with E-state index in [4.69, 9.17) is 19.7 Å². The first-order valence-electron chi connectivity index (χ1n) is 5.48. The third-order valence-electron chi connectivity index (χ3n) is 2.91. The summed E-state index contributed by atoms with van der Waals surface area (Å²) in [6.45, 7) is 0.143. The van der Waals surface area contributed by atoms with Crippen LogP contribution in [0, 0.1) is 0 Å². The predicted octanol–water partition coefficient (Wildman–Crippen LogP) is 1.30. The quantitative estimate of drug-likeness (QED) is 0.796. The van der Waals surface area contributed by atoms with E-state index in [0.29, 0.717) is 22.4 Å². The normalized spacial score (nSPS) is 17.9. The number of hydrogen-bond donors (Lipinski definition) is 2. The Kier molecular flexibility index (Phi) is 2.38. The highest BCUT2D eigenvalue weighted by atomic mass is 16.6. The molecule has 0 aliphatic carbocycles. The first-order valence-corrected chi connectivity index (χ1v) is 5.48. The fourth-order valence-electron chi connectivity index (χ4n) is 2.05. The lowest BCUT2D eigenvalue weighted by Gasteiger charge is -2.25. The topological polar surface area (TPSA) is 80.9 Å². The lowest BCUT2D eigenvalue weighted by molar-refractivity contribution is 0.0472. The van der Waals surface area contributed by atoms with Crippen LogP contribution in [-0.2, 0) is 0 Å². The summed E-state index contributed by atoms with van der Waals surface area (Å²) < 4.78 is 12.2. The van der Waals surface area contributed by atoms with Gasteiger partial charge in [-0.1, -0.05) is 0 Å². The largest absolute Gasteiger partial charge is 0.486 e. The van der Waals surface area contributed by atoms with Crippen LogP contribution in [0.15, 0.2) is 24.4 Å². The number of hydrogen-bond acceptors (Lipinski definition) is 4. The maximum absolute atomic E-state index is 11.0. The molecule has 1 unspecified atom stereocenters. The Hall–Kier alpha value is -2.21. The van der Waals surface area contributed by atoms with Gasteiger partial charge in [-0.15, -0.1) is 0 Å². The van der Waals surface area contributed by atoms with Crippen LogP contribution in [0.2, 0.25) is 0 Å². The molecular weight excluding hydrogens is 238 g/mol. The molecule has 3 rings (SSSR count). The van der Waals surface area contributed by atoms with E-state index < -0.39 is 12.2 Å². The van der Waals surface area contributed by atoms with Gasteiger partial charge in [0.15, 0.2) is 17.6 Å². The summed E-state index contributed by atoms with van der Waals surface area (Å²) in [5, 5.41) is 18.8. The van der Waals surface area contributed by atoms with Crippen LogP contribution in [0.3, 0.4) is 0 Å². The van der Waals surface area contributed by atoms with Gasteiger partial charge in [0.05, 0.1) is 12.1 Å². The lowest BCUT2D eigenvalue weighted by atomic mass is 10.2. The Morgan fingerprint density at radius 1 is 1.44 bits per heavy atom. The fourth-order valence-corrected chi connectivity index (χ4v) is 2.05. The number of aliphatic hydroxyl groups excluding tert-OH is 1. The average Bonchev–Trinajstić information content (AvgIpc) is 2.82. The third kappa shape index (κ3) is 1.50. The van der Waals surface area contributed by atoms with E-state index in [1.54, 1.807) is 18.2 Å². The van der Waals surface area contributed by atoms with Crippen molar-refractivity contribution < 1.29 is 24.5 Å². The van der Waals surface area contributed by atoms with Gasteiger partial charge in [-0.25, -0.2) is 4.79 Å². The number of aromatic nitrogens is 1. The molecule has 94 valence electrons. The summed E-state index contributed by atoms with van der Waals surface area (Å²) in [6.07, 6.45) is -0.0178. The third-order valence-corrected chi connectivity index (χ3v) is 2.91. The fraction of sp³-hybridized carbons (Fsp3) is 0.250. The summed E-state index contributed by atoms with van der Waals surface area (Å²) in [6, 6.07) is 5.00. The zero-order valence-corrected chi connectivity index (χ0v) is 9.37. The molecule has 1 aromatic heterocycles. The molecule has 2 N–H and O–H groups in total. The van der Waals surface area contributed by atoms with Gasteiger partial charge in [-0.3, -0.25) is 4.57 Å². The van der Waals surface area contributed by atoms with Gasteiger partial charge < -0.3 is 19.7 Å². The van der Waals surface area contributed by atoms with Gasteiger partial charge in [-0.2, -0.15) is 0 Å². The zero-order valence-electron chi connectivity index (χ0n) is 9.37. The Labute approximate surface area is 102 Å². The van der Waals surface area contributed by atoms with Gasteiger partial charge in [-0.05, 0) is 18.2 Å². The Balaban J connectivity index is 2.17. The van der Waals surface area contributed by atoms with Crippen molar-refractivity contribution >= 4 is 17.0 Å². The SMILES string of the molecule is O=C(O)n1ccc2c3c(ccc21)OCC(CO)O3. The molecule has 0 spiro atoms. The van der Waals surface area contributed by atoms with E-state index >= 15 is 0 Å². The molecule has 0 saturated carbocycles. The maximum Gasteiger partial charge on any atom is 0.416 e. The molecule has 0 bridgehead atoms. The average molecular weight is 249 g/mol. The molecular formula is C12H11NO5. The molecule has 6 nitrogen and oxygen atoms in total. The van der Waals surface area contributed by atoms with Crippen molar-refractivity contribution in [2.75, 3.05) is 13.2 Å². The highest BCUT2D eigenvalue weighted by Crippen LogP contribution is 2.39. The molecule has 2 heterocycles. The summed E-state index contributed by atoms with van der Waals surface area (Å²) >= 11 is 0. The molecule has 1 aliphatic rings. The maximum atomic E-state index is 11.0. The molecule has 0 saturated heterocycles. The van der Waals surface area contributed by atoms with Gasteiger partial charge >= 0.3 is 6.09 Å². The summed E-state index contributed by atoms with van der Waals surface area (Å²) in [4.78, 5) is 11.0. The monoisotopic (exact) mass is 249 g/mol. The van der Waals surface area contributed by atoms with Crippen molar-refractivity contribution in [2.45, 2.75) is 6.10 Å². The van der Waals surface area contributed by atoms with Crippen LogP contribution >= 0.6 is 0 Å². The van der Waals surface area contributed by atoms with Gasteiger partial charge in [0.2, 0.25) is 0 Å². The van der Waals surface area contributed by atoms with Crippen molar-refractivity contribution in [3.63, 3.8) is 0 Å². The minimum atomic E-state index is -1.06. The second-order valence-electron chi connectivity index (χ2n) is 4.03. The zero-order chi connectivity index (χ0) is 12.7. The minimum Gasteiger partial charge on any atom is -0.486 e. The van der Waals surface area contributed by atoms with Crippen LogP contribution in [0.1, 0.15) is 0 Å². The molecule has 1 aliphatic heterocycles. The van der Waals surface area contributed by atoms with E-state index in [0.717, 1.165) is 4.57 Å². The molecule has 1 aromatic carbocycles. The highest BCUT2D eigenvalue weighted by Gasteiger charge is 2.23. The predicted molar refractivity (Wildman–Crippen MR) is 62.4 cm³/mol. The van der Waals surface area contributed by atoms with Gasteiger partial charge in [0.1, 0.15) is 6.61 Å². The number of aliphatic hydroxyl groups is 1. The summed E-state index contributed by atoms with van der Waals surface area (Å²) in [7, 11) is 0. The Morgan fingerprint density at radius 2 is 2.28 bits per heavy atom. The highest BCUT2D eigenvalue weighted by molar-refractivity contribution is 5.94. The molecule has 2 aromatic rings. The van der Waals surface area contributed by atoms with Gasteiger partial charge in [0.25, 0.3) is 0 Å². The number of ether oxygens (including phenoxy) is 2. The number of carboxylic acid groups (broad SMARTS) is 1. The number of nitrogens with zero attached hydrogens (tertiary/aromatic N) is 1. The van der Waals surface area contributed by atoms with E-state index in [1.165, 1.54) is 6.20 Å². The van der Waals surface area contributed by atoms with Crippen molar-refractivity contribution in [3.05, 3.63) is 24.4 Å². The van der Waals surface area contributed by atoms with Crippen LogP contribution < -0.4 is 9.47 Å². The summed E-state index contributed by atoms with van der Waals surface area (Å²) in [5.74, 6) is 1.05. The number of rotatable bonds is 1. The first-order chi connectivity index (χ1) is 8.70. The standard InChI is InChI=1S/C12H11NO5/c14-5-7-6-17-10-2-1-9-8(11(10)18-7)3-4-13(9)12(15)16/h1-4,7,14H,5-6H2,(H,15,16). The Bertz CT molecular complexity index is 618. The van der Waals surface area contributed by atoms with E-state index in [-0.39, 0.29) is 13.2 Å². The molecule has 0 amide bonds. The smallest absolute Gasteiger partial charge is 0.416 e. The minimum absolute atomic E-state index is 0.143. The van der Waals surface area contributed by atoms with Crippen molar-refractivity contribution in [1.82, 2.24) is 4.57 Å². The van der Waals surface area contributed by atoms with Crippen LogP contribution in [0.25, 0.3) is 10.9 Å². The molecule has 0 fully saturated rings. The first kappa shape index (κ1) is 10.9. The van der Waals surface area contributed by atoms with E-state index in [1.807, 2.05) is 0 Å².